The Kier molecular flexibility index (Phi) is 4.79. The lowest BCUT2D eigenvalue weighted by atomic mass is 10.4. The van der Waals surface area contributed by atoms with Crippen molar-refractivity contribution in [3.05, 3.63) is 14.7 Å². The van der Waals surface area contributed by atoms with Crippen LogP contribution in [0, 0.1) is 0 Å². The van der Waals surface area contributed by atoms with Gasteiger partial charge >= 0.3 is 0 Å². The van der Waals surface area contributed by atoms with Gasteiger partial charge in [-0.15, -0.1) is 11.3 Å². The Morgan fingerprint density at radius 2 is 2.05 bits per heavy atom. The van der Waals surface area contributed by atoms with Crippen LogP contribution < -0.4 is 5.32 Å². The molecule has 1 aromatic rings. The average molecular weight is 397 g/mol. The normalized spacial score (nSPS) is 21.2. The summed E-state index contributed by atoms with van der Waals surface area (Å²) in [5.74, 6) is 1.77. The summed E-state index contributed by atoms with van der Waals surface area (Å²) in [7, 11) is -3.34. The summed E-state index contributed by atoms with van der Waals surface area (Å²) in [5, 5.41) is 3.42. The first kappa shape index (κ1) is 15.3. The number of hydrogen-bond acceptors (Lipinski definition) is 5. The molecule has 0 amide bonds. The molecule has 1 aliphatic carbocycles. The molecule has 2 heterocycles. The van der Waals surface area contributed by atoms with Crippen molar-refractivity contribution in [3.63, 3.8) is 0 Å². The lowest BCUT2D eigenvalue weighted by molar-refractivity contribution is 0.443. The number of nitrogens with zero attached hydrogens (tertiary/aromatic N) is 1. The van der Waals surface area contributed by atoms with Gasteiger partial charge in [0.05, 0.1) is 3.79 Å². The van der Waals surface area contributed by atoms with E-state index in [1.165, 1.54) is 24.2 Å². The maximum Gasteiger partial charge on any atom is 0.245 e. The number of hydrogen-bond donors (Lipinski definition) is 1. The Balaban J connectivity index is 1.77. The Bertz CT molecular complexity index is 578. The van der Waals surface area contributed by atoms with E-state index in [1.807, 2.05) is 17.8 Å². The summed E-state index contributed by atoms with van der Waals surface area (Å²) >= 11 is 6.75. The second-order valence-electron chi connectivity index (χ2n) is 5.02. The highest BCUT2D eigenvalue weighted by atomic mass is 79.9. The smallest absolute Gasteiger partial charge is 0.245 e. The minimum absolute atomic E-state index is 0.432. The van der Waals surface area contributed by atoms with Crippen LogP contribution in [0.15, 0.2) is 14.7 Å². The molecule has 1 aromatic heterocycles. The molecular weight excluding hydrogens is 380 g/mol. The van der Waals surface area contributed by atoms with Crippen molar-refractivity contribution in [2.45, 2.75) is 30.3 Å². The highest BCUT2D eigenvalue weighted by Crippen LogP contribution is 2.34. The zero-order valence-corrected chi connectivity index (χ0v) is 15.0. The number of rotatable bonds is 5. The Labute approximate surface area is 136 Å². The minimum atomic E-state index is -3.34. The van der Waals surface area contributed by atoms with Gasteiger partial charge in [-0.05, 0) is 34.8 Å². The predicted octanol–water partition coefficient (Wildman–Crippen LogP) is 2.50. The van der Waals surface area contributed by atoms with Gasteiger partial charge in [0.15, 0.2) is 0 Å². The van der Waals surface area contributed by atoms with Gasteiger partial charge in [0.1, 0.15) is 4.90 Å². The van der Waals surface area contributed by atoms with Crippen molar-refractivity contribution in [1.29, 1.82) is 0 Å². The third kappa shape index (κ3) is 3.41. The van der Waals surface area contributed by atoms with E-state index < -0.39 is 10.0 Å². The van der Waals surface area contributed by atoms with Gasteiger partial charge in [0.2, 0.25) is 10.0 Å². The van der Waals surface area contributed by atoms with Crippen molar-refractivity contribution >= 4 is 49.1 Å². The summed E-state index contributed by atoms with van der Waals surface area (Å²) in [4.78, 5) is 1.51. The van der Waals surface area contributed by atoms with Crippen molar-refractivity contribution in [2.75, 3.05) is 24.6 Å². The molecule has 0 bridgehead atoms. The minimum Gasteiger partial charge on any atom is -0.309 e. The van der Waals surface area contributed by atoms with E-state index in [4.69, 9.17) is 0 Å². The standard InChI is InChI=1S/C12H17BrN2O2S3/c13-12-11(7-10(19-12)8-14-9-1-2-9)20(16,17)15-3-5-18-6-4-15/h7,9,14H,1-6,8H2. The average Bonchev–Trinajstić information content (AvgIpc) is 3.20. The molecule has 8 heteroatoms. The summed E-state index contributed by atoms with van der Waals surface area (Å²) in [6.07, 6.45) is 2.48. The van der Waals surface area contributed by atoms with Crippen LogP contribution in [0.5, 0.6) is 0 Å². The van der Waals surface area contributed by atoms with Crippen LogP contribution in [0.3, 0.4) is 0 Å². The molecule has 4 nitrogen and oxygen atoms in total. The lowest BCUT2D eigenvalue weighted by Crippen LogP contribution is -2.37. The number of thioether (sulfide) groups is 1. The third-order valence-electron chi connectivity index (χ3n) is 3.44. The number of nitrogens with one attached hydrogen (secondary N) is 1. The monoisotopic (exact) mass is 396 g/mol. The van der Waals surface area contributed by atoms with Gasteiger partial charge in [-0.2, -0.15) is 16.1 Å². The van der Waals surface area contributed by atoms with Gasteiger partial charge in [0.25, 0.3) is 0 Å². The predicted molar refractivity (Wildman–Crippen MR) is 88.0 cm³/mol. The largest absolute Gasteiger partial charge is 0.309 e. The summed E-state index contributed by atoms with van der Waals surface area (Å²) in [6.45, 7) is 2.00. The van der Waals surface area contributed by atoms with E-state index in [2.05, 4.69) is 21.2 Å². The van der Waals surface area contributed by atoms with Gasteiger partial charge in [-0.25, -0.2) is 8.42 Å². The molecule has 1 N–H and O–H groups in total. The molecule has 0 radical (unpaired) electrons. The summed E-state index contributed by atoms with van der Waals surface area (Å²) in [6, 6.07) is 2.45. The SMILES string of the molecule is O=S(=O)(c1cc(CNC2CC2)sc1Br)N1CCSCC1. The second kappa shape index (κ2) is 6.26. The van der Waals surface area contributed by atoms with E-state index in [9.17, 15) is 8.42 Å². The van der Waals surface area contributed by atoms with Crippen LogP contribution in [-0.2, 0) is 16.6 Å². The maximum absolute atomic E-state index is 12.6. The van der Waals surface area contributed by atoms with Gasteiger partial charge in [-0.3, -0.25) is 0 Å². The van der Waals surface area contributed by atoms with Crippen LogP contribution in [0.4, 0.5) is 0 Å². The van der Waals surface area contributed by atoms with E-state index in [-0.39, 0.29) is 0 Å². The van der Waals surface area contributed by atoms with Crippen molar-refractivity contribution in [3.8, 4) is 0 Å². The van der Waals surface area contributed by atoms with Crippen LogP contribution in [0.25, 0.3) is 0 Å². The Morgan fingerprint density at radius 1 is 1.35 bits per heavy atom. The molecule has 3 rings (SSSR count). The first-order valence-electron chi connectivity index (χ1n) is 6.67. The number of halogens is 1. The first-order chi connectivity index (χ1) is 9.57. The van der Waals surface area contributed by atoms with Gasteiger partial charge in [0, 0.05) is 42.1 Å². The topological polar surface area (TPSA) is 49.4 Å². The molecule has 0 spiro atoms. The van der Waals surface area contributed by atoms with Crippen molar-refractivity contribution < 1.29 is 8.42 Å². The Hall–Kier alpha value is 0.400. The third-order valence-corrected chi connectivity index (χ3v) is 8.53. The summed E-state index contributed by atoms with van der Waals surface area (Å²) < 4.78 is 27.6. The fourth-order valence-electron chi connectivity index (χ4n) is 2.12. The molecule has 2 aliphatic rings. The first-order valence-corrected chi connectivity index (χ1v) is 10.9. The maximum atomic E-state index is 12.6. The van der Waals surface area contributed by atoms with Crippen LogP contribution >= 0.6 is 39.0 Å². The molecule has 2 fully saturated rings. The van der Waals surface area contributed by atoms with Gasteiger partial charge < -0.3 is 5.32 Å². The fraction of sp³-hybridized carbons (Fsp3) is 0.667. The van der Waals surface area contributed by atoms with Crippen LogP contribution in [0.2, 0.25) is 0 Å². The zero-order chi connectivity index (χ0) is 14.2. The van der Waals surface area contributed by atoms with E-state index >= 15 is 0 Å². The molecule has 1 saturated heterocycles. The quantitative estimate of drug-likeness (QED) is 0.830. The number of sulfonamides is 1. The van der Waals surface area contributed by atoms with Crippen LogP contribution in [-0.4, -0.2) is 43.4 Å². The highest BCUT2D eigenvalue weighted by Gasteiger charge is 2.30. The number of thiophene rings is 1. The fourth-order valence-corrected chi connectivity index (χ4v) is 7.28. The molecule has 0 aromatic carbocycles. The van der Waals surface area contributed by atoms with E-state index in [0.29, 0.717) is 24.0 Å². The molecule has 1 aliphatic heterocycles. The molecule has 1 saturated carbocycles. The molecule has 0 unspecified atom stereocenters. The Morgan fingerprint density at radius 3 is 2.70 bits per heavy atom. The van der Waals surface area contributed by atoms with Crippen LogP contribution in [0.1, 0.15) is 17.7 Å². The summed E-state index contributed by atoms with van der Waals surface area (Å²) in [5.41, 5.74) is 0. The zero-order valence-electron chi connectivity index (χ0n) is 11.0. The van der Waals surface area contributed by atoms with E-state index in [0.717, 1.165) is 26.7 Å². The molecular formula is C12H17BrN2O2S3. The van der Waals surface area contributed by atoms with Gasteiger partial charge in [-0.1, -0.05) is 0 Å². The second-order valence-corrected chi connectivity index (χ2v) is 10.6. The molecule has 112 valence electrons. The lowest BCUT2D eigenvalue weighted by Gasteiger charge is -2.25. The molecule has 20 heavy (non-hydrogen) atoms. The van der Waals surface area contributed by atoms with E-state index in [1.54, 1.807) is 4.31 Å². The van der Waals surface area contributed by atoms with Crippen molar-refractivity contribution in [1.82, 2.24) is 9.62 Å². The van der Waals surface area contributed by atoms with Crippen molar-refractivity contribution in [2.24, 2.45) is 0 Å². The molecule has 0 atom stereocenters. The highest BCUT2D eigenvalue weighted by molar-refractivity contribution is 9.11.